The normalized spacial score (nSPS) is 11.4. The Kier molecular flexibility index (Phi) is 6.10. The molecule has 0 fully saturated rings. The van der Waals surface area contributed by atoms with Gasteiger partial charge in [-0.3, -0.25) is 4.79 Å². The van der Waals surface area contributed by atoms with E-state index in [-0.39, 0.29) is 16.7 Å². The zero-order chi connectivity index (χ0) is 20.1. The van der Waals surface area contributed by atoms with Gasteiger partial charge in [-0.05, 0) is 31.2 Å². The van der Waals surface area contributed by atoms with Crippen LogP contribution in [-0.4, -0.2) is 46.1 Å². The second kappa shape index (κ2) is 8.53. The Balaban J connectivity index is 1.76. The van der Waals surface area contributed by atoms with Crippen LogP contribution >= 0.6 is 11.8 Å². The number of para-hydroxylation sites is 1. The van der Waals surface area contributed by atoms with Crippen LogP contribution in [0.25, 0.3) is 11.4 Å². The molecular formula is C18H19N5O3S2. The minimum Gasteiger partial charge on any atom is -0.325 e. The van der Waals surface area contributed by atoms with Gasteiger partial charge in [-0.25, -0.2) is 13.4 Å². The standard InChI is InChI=1S/C18H19N5O3S2/c1-3-23-17(13-9-10-19-16(11-13)28(2,25)26)21-22-18(23)27-12-15(24)20-14-7-5-4-6-8-14/h4-11H,3,12H2,1-2H3,(H,20,24). The zero-order valence-electron chi connectivity index (χ0n) is 15.4. The van der Waals surface area contributed by atoms with Crippen molar-refractivity contribution in [1.82, 2.24) is 19.7 Å². The fourth-order valence-corrected chi connectivity index (χ4v) is 3.89. The van der Waals surface area contributed by atoms with Gasteiger partial charge in [-0.15, -0.1) is 10.2 Å². The summed E-state index contributed by atoms with van der Waals surface area (Å²) in [5, 5.41) is 11.7. The molecule has 146 valence electrons. The molecule has 1 N–H and O–H groups in total. The largest absolute Gasteiger partial charge is 0.325 e. The number of carbonyl (C=O) groups excluding carboxylic acids is 1. The summed E-state index contributed by atoms with van der Waals surface area (Å²) in [7, 11) is -3.42. The van der Waals surface area contributed by atoms with Crippen LogP contribution in [-0.2, 0) is 21.2 Å². The first kappa shape index (κ1) is 20.0. The third-order valence-electron chi connectivity index (χ3n) is 3.80. The number of nitrogens with one attached hydrogen (secondary N) is 1. The van der Waals surface area contributed by atoms with E-state index in [0.29, 0.717) is 23.1 Å². The van der Waals surface area contributed by atoms with Crippen molar-refractivity contribution in [3.63, 3.8) is 0 Å². The molecule has 0 saturated carbocycles. The average molecular weight is 418 g/mol. The molecule has 0 aliphatic rings. The highest BCUT2D eigenvalue weighted by Crippen LogP contribution is 2.25. The fraction of sp³-hybridized carbons (Fsp3) is 0.222. The molecule has 1 amide bonds. The van der Waals surface area contributed by atoms with E-state index in [9.17, 15) is 13.2 Å². The first-order valence-electron chi connectivity index (χ1n) is 8.46. The summed E-state index contributed by atoms with van der Waals surface area (Å²) < 4.78 is 25.3. The van der Waals surface area contributed by atoms with Crippen molar-refractivity contribution < 1.29 is 13.2 Å². The number of aromatic nitrogens is 4. The number of rotatable bonds is 7. The SMILES string of the molecule is CCn1c(SCC(=O)Nc2ccccc2)nnc1-c1ccnc(S(C)(=O)=O)c1. The van der Waals surface area contributed by atoms with Crippen LogP contribution in [0.1, 0.15) is 6.92 Å². The summed E-state index contributed by atoms with van der Waals surface area (Å²) in [6.45, 7) is 2.50. The molecule has 2 heterocycles. The Labute approximate surface area is 167 Å². The molecule has 0 unspecified atom stereocenters. The number of sulfone groups is 1. The highest BCUT2D eigenvalue weighted by Gasteiger charge is 2.17. The minimum absolute atomic E-state index is 0.0212. The molecule has 0 aliphatic heterocycles. The number of benzene rings is 1. The molecule has 0 aliphatic carbocycles. The lowest BCUT2D eigenvalue weighted by molar-refractivity contribution is -0.113. The quantitative estimate of drug-likeness (QED) is 0.589. The summed E-state index contributed by atoms with van der Waals surface area (Å²) in [4.78, 5) is 16.0. The number of hydrogen-bond donors (Lipinski definition) is 1. The van der Waals surface area contributed by atoms with Crippen molar-refractivity contribution in [3.8, 4) is 11.4 Å². The fourth-order valence-electron chi connectivity index (χ4n) is 2.49. The van der Waals surface area contributed by atoms with Gasteiger partial charge in [0.05, 0.1) is 5.75 Å². The maximum atomic E-state index is 12.2. The van der Waals surface area contributed by atoms with Crippen LogP contribution in [0.4, 0.5) is 5.69 Å². The van der Waals surface area contributed by atoms with Crippen molar-refractivity contribution in [2.45, 2.75) is 23.7 Å². The Morgan fingerprint density at radius 1 is 1.18 bits per heavy atom. The third kappa shape index (κ3) is 4.76. The van der Waals surface area contributed by atoms with Gasteiger partial charge in [0.25, 0.3) is 0 Å². The van der Waals surface area contributed by atoms with E-state index in [1.165, 1.54) is 24.0 Å². The molecule has 0 radical (unpaired) electrons. The Morgan fingerprint density at radius 3 is 2.61 bits per heavy atom. The second-order valence-corrected chi connectivity index (χ2v) is 8.81. The lowest BCUT2D eigenvalue weighted by Crippen LogP contribution is -2.14. The van der Waals surface area contributed by atoms with E-state index in [1.807, 2.05) is 41.8 Å². The molecular weight excluding hydrogens is 398 g/mol. The number of thioether (sulfide) groups is 1. The van der Waals surface area contributed by atoms with E-state index in [1.54, 1.807) is 6.07 Å². The maximum Gasteiger partial charge on any atom is 0.234 e. The Bertz CT molecular complexity index is 1080. The van der Waals surface area contributed by atoms with Gasteiger partial charge in [-0.2, -0.15) is 0 Å². The summed E-state index contributed by atoms with van der Waals surface area (Å²) in [5.74, 6) is 0.560. The van der Waals surface area contributed by atoms with E-state index in [4.69, 9.17) is 0 Å². The predicted octanol–water partition coefficient (Wildman–Crippen LogP) is 2.49. The molecule has 10 heteroatoms. The average Bonchev–Trinajstić information content (AvgIpc) is 3.09. The molecule has 1 aromatic carbocycles. The van der Waals surface area contributed by atoms with Crippen LogP contribution in [0, 0.1) is 0 Å². The number of carbonyl (C=O) groups is 1. The molecule has 0 saturated heterocycles. The van der Waals surface area contributed by atoms with Gasteiger partial charge in [-0.1, -0.05) is 30.0 Å². The first-order valence-corrected chi connectivity index (χ1v) is 11.3. The first-order chi connectivity index (χ1) is 13.4. The monoisotopic (exact) mass is 417 g/mol. The van der Waals surface area contributed by atoms with Crippen LogP contribution < -0.4 is 5.32 Å². The van der Waals surface area contributed by atoms with Gasteiger partial charge in [0.1, 0.15) is 0 Å². The Morgan fingerprint density at radius 2 is 1.93 bits per heavy atom. The van der Waals surface area contributed by atoms with E-state index >= 15 is 0 Å². The van der Waals surface area contributed by atoms with E-state index < -0.39 is 9.84 Å². The van der Waals surface area contributed by atoms with Crippen molar-refractivity contribution in [2.24, 2.45) is 0 Å². The second-order valence-electron chi connectivity index (χ2n) is 5.91. The molecule has 0 spiro atoms. The van der Waals surface area contributed by atoms with Gasteiger partial charge < -0.3 is 9.88 Å². The van der Waals surface area contributed by atoms with E-state index in [2.05, 4.69) is 20.5 Å². The van der Waals surface area contributed by atoms with Crippen LogP contribution in [0.3, 0.4) is 0 Å². The minimum atomic E-state index is -3.42. The number of nitrogens with zero attached hydrogens (tertiary/aromatic N) is 4. The van der Waals surface area contributed by atoms with Gasteiger partial charge in [0.2, 0.25) is 5.91 Å². The third-order valence-corrected chi connectivity index (χ3v) is 5.75. The summed E-state index contributed by atoms with van der Waals surface area (Å²) in [5.41, 5.74) is 1.33. The number of amides is 1. The number of hydrogen-bond acceptors (Lipinski definition) is 7. The molecule has 28 heavy (non-hydrogen) atoms. The number of pyridine rings is 1. The highest BCUT2D eigenvalue weighted by molar-refractivity contribution is 7.99. The van der Waals surface area contributed by atoms with E-state index in [0.717, 1.165) is 11.9 Å². The predicted molar refractivity (Wildman–Crippen MR) is 108 cm³/mol. The summed E-state index contributed by atoms with van der Waals surface area (Å²) in [6.07, 6.45) is 2.54. The van der Waals surface area contributed by atoms with Crippen molar-refractivity contribution >= 4 is 33.2 Å². The van der Waals surface area contributed by atoms with Crippen molar-refractivity contribution in [2.75, 3.05) is 17.3 Å². The van der Waals surface area contributed by atoms with Crippen LogP contribution in [0.5, 0.6) is 0 Å². The highest BCUT2D eigenvalue weighted by atomic mass is 32.2. The lowest BCUT2D eigenvalue weighted by atomic mass is 10.2. The topological polar surface area (TPSA) is 107 Å². The van der Waals surface area contributed by atoms with Crippen LogP contribution in [0.2, 0.25) is 0 Å². The Hall–Kier alpha value is -2.72. The van der Waals surface area contributed by atoms with Crippen molar-refractivity contribution in [1.29, 1.82) is 0 Å². The summed E-state index contributed by atoms with van der Waals surface area (Å²) in [6, 6.07) is 12.4. The molecule has 0 atom stereocenters. The molecule has 8 nitrogen and oxygen atoms in total. The van der Waals surface area contributed by atoms with Gasteiger partial charge in [0.15, 0.2) is 25.8 Å². The lowest BCUT2D eigenvalue weighted by Gasteiger charge is -2.08. The molecule has 2 aromatic heterocycles. The number of anilines is 1. The molecule has 0 bridgehead atoms. The smallest absolute Gasteiger partial charge is 0.234 e. The zero-order valence-corrected chi connectivity index (χ0v) is 17.0. The van der Waals surface area contributed by atoms with Crippen molar-refractivity contribution in [3.05, 3.63) is 48.7 Å². The molecule has 3 aromatic rings. The van der Waals surface area contributed by atoms with Gasteiger partial charge >= 0.3 is 0 Å². The maximum absolute atomic E-state index is 12.2. The van der Waals surface area contributed by atoms with Crippen LogP contribution in [0.15, 0.2) is 58.8 Å². The van der Waals surface area contributed by atoms with Gasteiger partial charge in [0, 0.05) is 30.2 Å². The molecule has 3 rings (SSSR count). The summed E-state index contributed by atoms with van der Waals surface area (Å²) >= 11 is 1.27.